The Morgan fingerprint density at radius 2 is 1.84 bits per heavy atom. The van der Waals surface area contributed by atoms with Gasteiger partial charge in [0, 0.05) is 13.1 Å². The maximum atomic E-state index is 12.9. The van der Waals surface area contributed by atoms with Crippen LogP contribution < -0.4 is 16.0 Å². The van der Waals surface area contributed by atoms with Gasteiger partial charge in [-0.2, -0.15) is 11.8 Å². The summed E-state index contributed by atoms with van der Waals surface area (Å²) in [5, 5.41) is 18.4. The molecule has 1 aromatic rings. The molecule has 4 N–H and O–H groups in total. The Kier molecular flexibility index (Phi) is 10.8. The number of hydrogen-bond donors (Lipinski definition) is 4. The van der Waals surface area contributed by atoms with E-state index in [1.54, 1.807) is 11.8 Å². The van der Waals surface area contributed by atoms with Crippen LogP contribution >= 0.6 is 24.2 Å². The largest absolute Gasteiger partial charge is 0.481 e. The third-order valence-corrected chi connectivity index (χ3v) is 7.05. The average Bonchev–Trinajstić information content (AvgIpc) is 2.79. The zero-order valence-corrected chi connectivity index (χ0v) is 20.1. The van der Waals surface area contributed by atoms with Crippen LogP contribution in [-0.4, -0.2) is 53.5 Å². The summed E-state index contributed by atoms with van der Waals surface area (Å²) < 4.78 is 0. The van der Waals surface area contributed by atoms with Gasteiger partial charge in [0.25, 0.3) is 0 Å². The van der Waals surface area contributed by atoms with Crippen LogP contribution in [-0.2, 0) is 27.3 Å². The summed E-state index contributed by atoms with van der Waals surface area (Å²) >= 11 is 1.65. The van der Waals surface area contributed by atoms with E-state index < -0.39 is 12.0 Å². The summed E-state index contributed by atoms with van der Waals surface area (Å²) in [6.07, 6.45) is 6.13. The number of halogens is 1. The number of carboxylic acids is 1. The van der Waals surface area contributed by atoms with Crippen molar-refractivity contribution in [3.63, 3.8) is 0 Å². The molecule has 1 aliphatic carbocycles. The zero-order valence-electron chi connectivity index (χ0n) is 18.5. The number of hydrogen-bond acceptors (Lipinski definition) is 5. The summed E-state index contributed by atoms with van der Waals surface area (Å²) in [6, 6.07) is 7.19. The van der Waals surface area contributed by atoms with Crippen LogP contribution in [0.3, 0.4) is 0 Å². The molecule has 0 aromatic heterocycles. The number of amides is 2. The lowest BCUT2D eigenvalue weighted by molar-refractivity contribution is -0.143. The van der Waals surface area contributed by atoms with Crippen molar-refractivity contribution in [2.45, 2.75) is 57.2 Å². The first kappa shape index (κ1) is 26.5. The minimum atomic E-state index is -0.721. The van der Waals surface area contributed by atoms with Crippen molar-refractivity contribution < 1.29 is 19.5 Å². The highest BCUT2D eigenvalue weighted by Crippen LogP contribution is 2.28. The Morgan fingerprint density at radius 3 is 2.50 bits per heavy atom. The number of carbonyl (C=O) groups is 3. The van der Waals surface area contributed by atoms with E-state index in [-0.39, 0.29) is 36.2 Å². The highest BCUT2D eigenvalue weighted by atomic mass is 35.5. The Bertz CT molecular complexity index is 786. The van der Waals surface area contributed by atoms with Crippen LogP contribution in [0, 0.1) is 11.8 Å². The molecule has 1 fully saturated rings. The van der Waals surface area contributed by atoms with E-state index >= 15 is 0 Å². The molecule has 2 aliphatic rings. The van der Waals surface area contributed by atoms with Gasteiger partial charge in [0.15, 0.2) is 0 Å². The maximum absolute atomic E-state index is 12.9. The highest BCUT2D eigenvalue weighted by Gasteiger charge is 2.29. The quantitative estimate of drug-likeness (QED) is 0.429. The number of rotatable bonds is 9. The molecule has 1 aliphatic heterocycles. The van der Waals surface area contributed by atoms with Gasteiger partial charge in [-0.1, -0.05) is 24.3 Å². The SMILES string of the molecule is CSCC[C@H](NC(=O)[C@@H]1Cc2ccccc2CN1)C(=O)NCC1CCC(C(=O)O)CC1.Cl. The number of benzene rings is 1. The molecule has 3 rings (SSSR count). The Balaban J connectivity index is 0.00000363. The fourth-order valence-electron chi connectivity index (χ4n) is 4.40. The van der Waals surface area contributed by atoms with Crippen molar-refractivity contribution in [3.05, 3.63) is 35.4 Å². The second-order valence-corrected chi connectivity index (χ2v) is 9.54. The number of carboxylic acid groups (broad SMARTS) is 1. The van der Waals surface area contributed by atoms with E-state index in [4.69, 9.17) is 5.11 Å². The van der Waals surface area contributed by atoms with Crippen molar-refractivity contribution >= 4 is 42.0 Å². The third kappa shape index (κ3) is 7.39. The zero-order chi connectivity index (χ0) is 22.2. The smallest absolute Gasteiger partial charge is 0.306 e. The summed E-state index contributed by atoms with van der Waals surface area (Å²) in [4.78, 5) is 36.8. The monoisotopic (exact) mass is 483 g/mol. The van der Waals surface area contributed by atoms with E-state index in [0.717, 1.165) is 18.6 Å². The van der Waals surface area contributed by atoms with E-state index in [2.05, 4.69) is 22.0 Å². The number of fused-ring (bicyclic) bond motifs is 1. The van der Waals surface area contributed by atoms with Crippen LogP contribution in [0.5, 0.6) is 0 Å². The first-order valence-electron chi connectivity index (χ1n) is 11.1. The normalized spacial score (nSPS) is 23.2. The molecular weight excluding hydrogens is 450 g/mol. The van der Waals surface area contributed by atoms with Crippen molar-refractivity contribution in [1.29, 1.82) is 0 Å². The molecule has 0 radical (unpaired) electrons. The molecule has 1 saturated carbocycles. The van der Waals surface area contributed by atoms with Gasteiger partial charge >= 0.3 is 5.97 Å². The van der Waals surface area contributed by atoms with Crippen molar-refractivity contribution in [1.82, 2.24) is 16.0 Å². The molecule has 9 heteroatoms. The van der Waals surface area contributed by atoms with Gasteiger partial charge in [-0.3, -0.25) is 14.4 Å². The summed E-state index contributed by atoms with van der Waals surface area (Å²) in [6.45, 7) is 1.18. The van der Waals surface area contributed by atoms with Gasteiger partial charge < -0.3 is 21.1 Å². The number of nitrogens with one attached hydrogen (secondary N) is 3. The molecule has 1 aromatic carbocycles. The maximum Gasteiger partial charge on any atom is 0.306 e. The molecule has 1 heterocycles. The topological polar surface area (TPSA) is 108 Å². The van der Waals surface area contributed by atoms with E-state index in [1.165, 1.54) is 11.1 Å². The molecule has 7 nitrogen and oxygen atoms in total. The van der Waals surface area contributed by atoms with Gasteiger partial charge in [-0.05, 0) is 67.6 Å². The highest BCUT2D eigenvalue weighted by molar-refractivity contribution is 7.98. The standard InChI is InChI=1S/C23H33N3O4S.ClH/c1-31-11-10-19(21(27)25-13-15-6-8-16(9-7-15)23(29)30)26-22(28)20-12-17-4-2-3-5-18(17)14-24-20;/h2-5,15-16,19-20,24H,6-14H2,1H3,(H,25,27)(H,26,28)(H,29,30);1H/t15?,16?,19-,20-;/m0./s1. The van der Waals surface area contributed by atoms with Gasteiger partial charge in [-0.15, -0.1) is 12.4 Å². The summed E-state index contributed by atoms with van der Waals surface area (Å²) in [5.74, 6) is -0.192. The van der Waals surface area contributed by atoms with Crippen LogP contribution in [0.25, 0.3) is 0 Å². The lowest BCUT2D eigenvalue weighted by atomic mass is 9.82. The first-order valence-corrected chi connectivity index (χ1v) is 12.5. The fourth-order valence-corrected chi connectivity index (χ4v) is 4.87. The second kappa shape index (κ2) is 13.1. The minimum absolute atomic E-state index is 0. The Hall–Kier alpha value is -1.77. The summed E-state index contributed by atoms with van der Waals surface area (Å²) in [5.41, 5.74) is 2.38. The molecule has 0 saturated heterocycles. The Labute approximate surface area is 200 Å². The molecule has 0 spiro atoms. The van der Waals surface area contributed by atoms with Crippen LogP contribution in [0.4, 0.5) is 0 Å². The van der Waals surface area contributed by atoms with Crippen LogP contribution in [0.1, 0.15) is 43.2 Å². The van der Waals surface area contributed by atoms with Crippen LogP contribution in [0.15, 0.2) is 24.3 Å². The van der Waals surface area contributed by atoms with E-state index in [0.29, 0.717) is 44.7 Å². The summed E-state index contributed by atoms with van der Waals surface area (Å²) in [7, 11) is 0. The molecule has 2 atom stereocenters. The molecule has 2 amide bonds. The first-order chi connectivity index (χ1) is 15.0. The third-order valence-electron chi connectivity index (χ3n) is 6.40. The number of aliphatic carboxylic acids is 1. The van der Waals surface area contributed by atoms with Gasteiger partial charge in [0.1, 0.15) is 6.04 Å². The lowest BCUT2D eigenvalue weighted by Crippen LogP contribution is -2.54. The van der Waals surface area contributed by atoms with E-state index in [1.807, 2.05) is 24.5 Å². The average molecular weight is 484 g/mol. The number of carbonyl (C=O) groups excluding carboxylic acids is 2. The van der Waals surface area contributed by atoms with Gasteiger partial charge in [0.2, 0.25) is 11.8 Å². The Morgan fingerprint density at radius 1 is 1.16 bits per heavy atom. The predicted octanol–water partition coefficient (Wildman–Crippen LogP) is 2.37. The lowest BCUT2D eigenvalue weighted by Gasteiger charge is -2.28. The van der Waals surface area contributed by atoms with Gasteiger partial charge in [-0.25, -0.2) is 0 Å². The molecule has 0 unspecified atom stereocenters. The number of thioether (sulfide) groups is 1. The fraction of sp³-hybridized carbons (Fsp3) is 0.609. The minimum Gasteiger partial charge on any atom is -0.481 e. The van der Waals surface area contributed by atoms with E-state index in [9.17, 15) is 14.4 Å². The van der Waals surface area contributed by atoms with Crippen molar-refractivity contribution in [3.8, 4) is 0 Å². The molecule has 178 valence electrons. The van der Waals surface area contributed by atoms with Gasteiger partial charge in [0.05, 0.1) is 12.0 Å². The van der Waals surface area contributed by atoms with Crippen LogP contribution in [0.2, 0.25) is 0 Å². The predicted molar refractivity (Wildman–Crippen MR) is 129 cm³/mol. The molecular formula is C23H34ClN3O4S. The molecule has 32 heavy (non-hydrogen) atoms. The van der Waals surface area contributed by atoms with Crippen molar-refractivity contribution in [2.24, 2.45) is 11.8 Å². The molecule has 0 bridgehead atoms. The van der Waals surface area contributed by atoms with Crippen molar-refractivity contribution in [2.75, 3.05) is 18.6 Å². The second-order valence-electron chi connectivity index (χ2n) is 8.55.